The van der Waals surface area contributed by atoms with Crippen molar-refractivity contribution in [2.75, 3.05) is 27.9 Å². The minimum atomic E-state index is -0.617. The van der Waals surface area contributed by atoms with Gasteiger partial charge in [0.15, 0.2) is 11.5 Å². The van der Waals surface area contributed by atoms with Crippen molar-refractivity contribution in [3.05, 3.63) is 51.4 Å². The monoisotopic (exact) mass is 415 g/mol. The molecule has 0 fully saturated rings. The van der Waals surface area contributed by atoms with Crippen LogP contribution in [0.15, 0.2) is 40.9 Å². The molecule has 2 N–H and O–H groups in total. The first kappa shape index (κ1) is 19.1. The van der Waals surface area contributed by atoms with E-state index < -0.39 is 6.04 Å². The molecule has 152 valence electrons. The molecule has 9 heteroatoms. The molecule has 3 heterocycles. The molecule has 2 aliphatic heterocycles. The Hall–Kier alpha value is -3.20. The zero-order valence-corrected chi connectivity index (χ0v) is 17.1. The van der Waals surface area contributed by atoms with Gasteiger partial charge in [-0.2, -0.15) is 0 Å². The summed E-state index contributed by atoms with van der Waals surface area (Å²) in [7, 11) is 4.57. The molecule has 3 amide bonds. The number of carbonyl (C=O) groups excluding carboxylic acids is 2. The Labute approximate surface area is 172 Å². The Morgan fingerprint density at radius 3 is 2.45 bits per heavy atom. The topological polar surface area (TPSA) is 89.1 Å². The van der Waals surface area contributed by atoms with Crippen molar-refractivity contribution in [3.63, 3.8) is 0 Å². The summed E-state index contributed by atoms with van der Waals surface area (Å²) in [4.78, 5) is 28.3. The number of amides is 3. The Morgan fingerprint density at radius 1 is 1.14 bits per heavy atom. The van der Waals surface area contributed by atoms with Gasteiger partial charge in [-0.05, 0) is 29.1 Å². The van der Waals surface area contributed by atoms with Crippen molar-refractivity contribution in [3.8, 4) is 17.2 Å². The van der Waals surface area contributed by atoms with Crippen molar-refractivity contribution in [1.29, 1.82) is 0 Å². The van der Waals surface area contributed by atoms with Gasteiger partial charge in [-0.15, -0.1) is 11.3 Å². The highest BCUT2D eigenvalue weighted by Crippen LogP contribution is 2.42. The molecule has 0 spiro atoms. The van der Waals surface area contributed by atoms with E-state index in [0.29, 0.717) is 47.2 Å². The molecule has 2 aliphatic rings. The maximum Gasteiger partial charge on any atom is 0.319 e. The molecule has 0 aliphatic carbocycles. The summed E-state index contributed by atoms with van der Waals surface area (Å²) in [5.74, 6) is 1.25. The second-order valence-electron chi connectivity index (χ2n) is 6.62. The van der Waals surface area contributed by atoms with Crippen LogP contribution in [0.1, 0.15) is 16.5 Å². The lowest BCUT2D eigenvalue weighted by atomic mass is 9.95. The highest BCUT2D eigenvalue weighted by atomic mass is 32.1. The van der Waals surface area contributed by atoms with E-state index in [-0.39, 0.29) is 11.9 Å². The lowest BCUT2D eigenvalue weighted by Crippen LogP contribution is -2.44. The van der Waals surface area contributed by atoms with Gasteiger partial charge in [0.2, 0.25) is 5.75 Å². The first-order chi connectivity index (χ1) is 14.0. The van der Waals surface area contributed by atoms with Gasteiger partial charge >= 0.3 is 6.03 Å². The number of rotatable bonds is 6. The Balaban J connectivity index is 1.71. The molecule has 1 aromatic carbocycles. The number of nitrogens with zero attached hydrogens (tertiary/aromatic N) is 1. The number of benzene rings is 1. The van der Waals surface area contributed by atoms with Crippen molar-refractivity contribution in [1.82, 2.24) is 15.5 Å². The number of carbonyl (C=O) groups is 2. The van der Waals surface area contributed by atoms with E-state index in [1.807, 2.05) is 17.5 Å². The lowest BCUT2D eigenvalue weighted by Gasteiger charge is -2.26. The third kappa shape index (κ3) is 3.38. The molecule has 0 radical (unpaired) electrons. The quantitative estimate of drug-likeness (QED) is 0.757. The van der Waals surface area contributed by atoms with Crippen LogP contribution < -0.4 is 24.8 Å². The van der Waals surface area contributed by atoms with Gasteiger partial charge in [-0.3, -0.25) is 4.79 Å². The van der Waals surface area contributed by atoms with E-state index >= 15 is 0 Å². The van der Waals surface area contributed by atoms with Crippen LogP contribution in [-0.4, -0.2) is 44.7 Å². The summed E-state index contributed by atoms with van der Waals surface area (Å²) in [5, 5.41) is 7.61. The van der Waals surface area contributed by atoms with Gasteiger partial charge in [0, 0.05) is 4.88 Å². The van der Waals surface area contributed by atoms with Gasteiger partial charge in [0.05, 0.1) is 51.7 Å². The summed E-state index contributed by atoms with van der Waals surface area (Å²) < 4.78 is 16.2. The Bertz CT molecular complexity index is 961. The minimum Gasteiger partial charge on any atom is -0.493 e. The molecular weight excluding hydrogens is 394 g/mol. The summed E-state index contributed by atoms with van der Waals surface area (Å²) >= 11 is 1.59. The fourth-order valence-corrected chi connectivity index (χ4v) is 4.38. The van der Waals surface area contributed by atoms with E-state index in [4.69, 9.17) is 14.2 Å². The third-order valence-corrected chi connectivity index (χ3v) is 5.83. The van der Waals surface area contributed by atoms with Crippen molar-refractivity contribution >= 4 is 23.3 Å². The highest BCUT2D eigenvalue weighted by Gasteiger charge is 2.41. The molecule has 0 unspecified atom stereocenters. The van der Waals surface area contributed by atoms with Crippen LogP contribution in [0.3, 0.4) is 0 Å². The van der Waals surface area contributed by atoms with Crippen LogP contribution >= 0.6 is 11.3 Å². The molecular formula is C20H21N3O5S. The largest absolute Gasteiger partial charge is 0.493 e. The molecule has 0 bridgehead atoms. The van der Waals surface area contributed by atoms with Crippen LogP contribution in [0.2, 0.25) is 0 Å². The Kier molecular flexibility index (Phi) is 5.06. The van der Waals surface area contributed by atoms with E-state index in [2.05, 4.69) is 10.6 Å². The van der Waals surface area contributed by atoms with Gasteiger partial charge in [0.1, 0.15) is 0 Å². The van der Waals surface area contributed by atoms with E-state index in [0.717, 1.165) is 4.88 Å². The smallest absolute Gasteiger partial charge is 0.319 e. The van der Waals surface area contributed by atoms with Crippen LogP contribution in [0, 0.1) is 0 Å². The lowest BCUT2D eigenvalue weighted by molar-refractivity contribution is -0.126. The summed E-state index contributed by atoms with van der Waals surface area (Å²) in [6.07, 6.45) is 0. The summed E-state index contributed by atoms with van der Waals surface area (Å²) in [6, 6.07) is 6.47. The zero-order valence-electron chi connectivity index (χ0n) is 16.3. The molecule has 0 saturated carbocycles. The van der Waals surface area contributed by atoms with Crippen LogP contribution in [0.4, 0.5) is 4.79 Å². The van der Waals surface area contributed by atoms with Gasteiger partial charge in [0.25, 0.3) is 5.91 Å². The fraction of sp³-hybridized carbons (Fsp3) is 0.300. The van der Waals surface area contributed by atoms with E-state index in [1.165, 1.54) is 21.3 Å². The van der Waals surface area contributed by atoms with Crippen molar-refractivity contribution in [2.45, 2.75) is 12.6 Å². The van der Waals surface area contributed by atoms with Crippen molar-refractivity contribution in [2.24, 2.45) is 0 Å². The highest BCUT2D eigenvalue weighted by molar-refractivity contribution is 7.09. The maximum absolute atomic E-state index is 13.2. The van der Waals surface area contributed by atoms with Gasteiger partial charge < -0.3 is 29.7 Å². The number of hydrogen-bond acceptors (Lipinski definition) is 6. The first-order valence-corrected chi connectivity index (χ1v) is 9.85. The number of ether oxygens (including phenoxy) is 3. The molecule has 29 heavy (non-hydrogen) atoms. The van der Waals surface area contributed by atoms with Gasteiger partial charge in [-0.25, -0.2) is 4.79 Å². The predicted molar refractivity (Wildman–Crippen MR) is 107 cm³/mol. The first-order valence-electron chi connectivity index (χ1n) is 8.97. The minimum absolute atomic E-state index is 0.111. The number of methoxy groups -OCH3 is 3. The van der Waals surface area contributed by atoms with Crippen molar-refractivity contribution < 1.29 is 23.8 Å². The SMILES string of the molecule is COc1cc([C@@H]2NC(=O)NC3=C2C(=O)N(Cc2cccs2)C3)cc(OC)c1OC. The second-order valence-corrected chi connectivity index (χ2v) is 7.66. The molecule has 1 aromatic heterocycles. The zero-order chi connectivity index (χ0) is 20.5. The van der Waals surface area contributed by atoms with Crippen LogP contribution in [-0.2, 0) is 11.3 Å². The average Bonchev–Trinajstić information content (AvgIpc) is 3.34. The molecule has 2 aromatic rings. The standard InChI is InChI=1S/C20H21N3O5S/c1-26-14-7-11(8-15(27-2)18(14)28-3)17-16-13(21-20(25)22-17)10-23(19(16)24)9-12-5-4-6-29-12/h4-8,17H,9-10H2,1-3H3,(H2,21,22,25)/t17-/m0/s1. The molecule has 4 rings (SSSR count). The number of hydrogen-bond donors (Lipinski definition) is 2. The fourth-order valence-electron chi connectivity index (χ4n) is 3.66. The van der Waals surface area contributed by atoms with E-state index in [9.17, 15) is 9.59 Å². The average molecular weight is 415 g/mol. The Morgan fingerprint density at radius 2 is 1.86 bits per heavy atom. The molecule has 0 saturated heterocycles. The normalized spacial score (nSPS) is 18.3. The number of urea groups is 1. The maximum atomic E-state index is 13.2. The summed E-state index contributed by atoms with van der Waals surface area (Å²) in [6.45, 7) is 0.863. The van der Waals surface area contributed by atoms with Crippen LogP contribution in [0.25, 0.3) is 0 Å². The summed E-state index contributed by atoms with van der Waals surface area (Å²) in [5.41, 5.74) is 1.82. The second kappa shape index (κ2) is 7.67. The van der Waals surface area contributed by atoms with Gasteiger partial charge in [-0.1, -0.05) is 6.07 Å². The third-order valence-electron chi connectivity index (χ3n) is 4.97. The number of thiophene rings is 1. The van der Waals surface area contributed by atoms with E-state index in [1.54, 1.807) is 28.4 Å². The molecule has 8 nitrogen and oxygen atoms in total. The predicted octanol–water partition coefficient (Wildman–Crippen LogP) is 2.42. The van der Waals surface area contributed by atoms with Crippen LogP contribution in [0.5, 0.6) is 17.2 Å². The molecule has 1 atom stereocenters. The number of nitrogens with one attached hydrogen (secondary N) is 2.